The normalized spacial score (nSPS) is 12.7. The van der Waals surface area contributed by atoms with E-state index in [2.05, 4.69) is 180 Å². The number of aromatic nitrogens is 4. The zero-order chi connectivity index (χ0) is 39.0. The SMILES string of the molecule is CC(C)(C)c1ccnc(-n2c3[c-]c(Oc4[c-]c(N5[CH-]N(c6ccc7c(c6)c6ccccc6n7-c6ccccc6)c6cccnc65)ccc4)ccc3c3ccccc32)c1.[Pt]. The number of nitrogens with zero attached hydrogens (tertiary/aromatic N) is 6. The minimum Gasteiger partial charge on any atom is -0.509 e. The van der Waals surface area contributed by atoms with E-state index in [0.717, 1.165) is 61.7 Å². The second-order valence-electron chi connectivity index (χ2n) is 15.7. The maximum atomic E-state index is 6.56. The summed E-state index contributed by atoms with van der Waals surface area (Å²) in [5, 5.41) is 4.61. The van der Waals surface area contributed by atoms with E-state index in [-0.39, 0.29) is 26.5 Å². The number of anilines is 4. The van der Waals surface area contributed by atoms with Gasteiger partial charge in [-0.2, -0.15) is 12.1 Å². The molecular weight excluding hydrogens is 908 g/mol. The molecule has 0 saturated heterocycles. The van der Waals surface area contributed by atoms with Crippen LogP contribution in [0.3, 0.4) is 0 Å². The third-order valence-corrected chi connectivity index (χ3v) is 11.1. The predicted octanol–water partition coefficient (Wildman–Crippen LogP) is 12.8. The molecule has 0 amide bonds. The quantitative estimate of drug-likeness (QED) is 0.156. The smallest absolute Gasteiger partial charge is 0.135 e. The Balaban J connectivity index is 0.00000420. The van der Waals surface area contributed by atoms with E-state index >= 15 is 0 Å². The fourth-order valence-corrected chi connectivity index (χ4v) is 8.28. The summed E-state index contributed by atoms with van der Waals surface area (Å²) in [4.78, 5) is 13.9. The van der Waals surface area contributed by atoms with Crippen LogP contribution in [0.1, 0.15) is 26.3 Å². The molecule has 0 fully saturated rings. The van der Waals surface area contributed by atoms with Gasteiger partial charge in [0.15, 0.2) is 0 Å². The number of ether oxygens (including phenoxy) is 1. The van der Waals surface area contributed by atoms with E-state index in [1.54, 1.807) is 0 Å². The summed E-state index contributed by atoms with van der Waals surface area (Å²) in [7, 11) is 0. The molecule has 1 aliphatic rings. The summed E-state index contributed by atoms with van der Waals surface area (Å²) < 4.78 is 11.1. The Morgan fingerprint density at radius 3 is 2.08 bits per heavy atom. The molecule has 6 aromatic carbocycles. The Morgan fingerprint density at radius 1 is 0.542 bits per heavy atom. The van der Waals surface area contributed by atoms with Crippen LogP contribution in [-0.2, 0) is 26.5 Å². The first-order valence-electron chi connectivity index (χ1n) is 19.5. The molecule has 0 spiro atoms. The second-order valence-corrected chi connectivity index (χ2v) is 15.7. The minimum absolute atomic E-state index is 0. The van der Waals surface area contributed by atoms with Crippen LogP contribution < -0.4 is 14.5 Å². The molecule has 5 heterocycles. The van der Waals surface area contributed by atoms with E-state index in [1.165, 1.54) is 21.9 Å². The van der Waals surface area contributed by atoms with Gasteiger partial charge in [-0.25, -0.2) is 9.97 Å². The van der Waals surface area contributed by atoms with Gasteiger partial charge in [-0.3, -0.25) is 0 Å². The van der Waals surface area contributed by atoms with Crippen LogP contribution in [0.2, 0.25) is 0 Å². The van der Waals surface area contributed by atoms with Gasteiger partial charge in [0, 0.05) is 72.6 Å². The van der Waals surface area contributed by atoms with Gasteiger partial charge in [0.25, 0.3) is 0 Å². The first kappa shape index (κ1) is 36.6. The molecule has 0 radical (unpaired) electrons. The van der Waals surface area contributed by atoms with Crippen LogP contribution in [0.5, 0.6) is 11.5 Å². The van der Waals surface area contributed by atoms with Crippen LogP contribution in [0.25, 0.3) is 55.1 Å². The zero-order valence-electron chi connectivity index (χ0n) is 32.6. The van der Waals surface area contributed by atoms with Crippen molar-refractivity contribution in [2.75, 3.05) is 9.80 Å². The molecule has 8 heteroatoms. The Labute approximate surface area is 357 Å². The first-order chi connectivity index (χ1) is 28.4. The summed E-state index contributed by atoms with van der Waals surface area (Å²) in [6.45, 7) is 8.75. The predicted molar refractivity (Wildman–Crippen MR) is 235 cm³/mol. The third kappa shape index (κ3) is 6.16. The summed E-state index contributed by atoms with van der Waals surface area (Å²) >= 11 is 0. The molecule has 0 N–H and O–H groups in total. The van der Waals surface area contributed by atoms with Gasteiger partial charge in [0.05, 0.1) is 16.7 Å². The van der Waals surface area contributed by atoms with Crippen molar-refractivity contribution in [3.63, 3.8) is 0 Å². The zero-order valence-corrected chi connectivity index (χ0v) is 34.8. The Morgan fingerprint density at radius 2 is 1.27 bits per heavy atom. The number of rotatable bonds is 6. The Hall–Kier alpha value is -6.69. The van der Waals surface area contributed by atoms with Crippen molar-refractivity contribution >= 4 is 66.5 Å². The molecule has 0 aliphatic carbocycles. The van der Waals surface area contributed by atoms with Gasteiger partial charge in [-0.15, -0.1) is 42.4 Å². The Kier molecular flexibility index (Phi) is 8.88. The average Bonchev–Trinajstić information content (AvgIpc) is 3.92. The van der Waals surface area contributed by atoms with Crippen molar-refractivity contribution in [3.05, 3.63) is 188 Å². The number of hydrogen-bond donors (Lipinski definition) is 0. The number of fused-ring (bicyclic) bond motifs is 7. The molecule has 11 rings (SSSR count). The third-order valence-electron chi connectivity index (χ3n) is 11.1. The molecule has 7 nitrogen and oxygen atoms in total. The van der Waals surface area contributed by atoms with Gasteiger partial charge in [0.2, 0.25) is 0 Å². The van der Waals surface area contributed by atoms with Gasteiger partial charge < -0.3 is 23.7 Å². The topological polar surface area (TPSA) is 51.4 Å². The maximum absolute atomic E-state index is 6.56. The van der Waals surface area contributed by atoms with Gasteiger partial charge in [-0.1, -0.05) is 86.6 Å². The summed E-state index contributed by atoms with van der Waals surface area (Å²) in [6, 6.07) is 59.7. The van der Waals surface area contributed by atoms with Crippen LogP contribution in [-0.4, -0.2) is 19.1 Å². The van der Waals surface area contributed by atoms with Crippen LogP contribution in [0.4, 0.5) is 22.9 Å². The van der Waals surface area contributed by atoms with Crippen molar-refractivity contribution in [3.8, 4) is 23.0 Å². The molecule has 1 aliphatic heterocycles. The second kappa shape index (κ2) is 14.3. The molecule has 290 valence electrons. The average molecular weight is 945 g/mol. The van der Waals surface area contributed by atoms with Crippen molar-refractivity contribution in [2.24, 2.45) is 0 Å². The monoisotopic (exact) mass is 944 g/mol. The molecule has 59 heavy (non-hydrogen) atoms. The Bertz CT molecular complexity index is 3200. The molecule has 0 saturated carbocycles. The van der Waals surface area contributed by atoms with Crippen molar-refractivity contribution in [2.45, 2.75) is 26.2 Å². The van der Waals surface area contributed by atoms with E-state index in [9.17, 15) is 0 Å². The van der Waals surface area contributed by atoms with Crippen molar-refractivity contribution in [1.29, 1.82) is 0 Å². The van der Waals surface area contributed by atoms with Gasteiger partial charge >= 0.3 is 0 Å². The number of pyridine rings is 2. The molecular formula is C51H37N6OPt-3. The van der Waals surface area contributed by atoms with E-state index in [1.807, 2.05) is 42.7 Å². The van der Waals surface area contributed by atoms with Crippen molar-refractivity contribution < 1.29 is 25.8 Å². The van der Waals surface area contributed by atoms with E-state index in [4.69, 9.17) is 14.7 Å². The standard InChI is InChI=1S/C51H37N6O.Pt/c1-51(2,3)34-26-28-52-49(29-34)57-45-20-10-7-17-40(45)42-24-23-39(32-48(42)57)58-38-16-11-15-36(30-38)55-33-54(47-21-12-27-53-50(47)55)37-22-25-46-43(31-37)41-18-8-9-19-44(41)56(46)35-13-5-4-6-14-35;/h4-29,31,33H,1-3H3;/q-3;. The van der Waals surface area contributed by atoms with Crippen LogP contribution in [0, 0.1) is 18.8 Å². The molecule has 0 bridgehead atoms. The molecule has 0 atom stereocenters. The summed E-state index contributed by atoms with van der Waals surface area (Å²) in [6.07, 6.45) is 3.72. The number of para-hydroxylation sites is 3. The van der Waals surface area contributed by atoms with E-state index in [0.29, 0.717) is 11.5 Å². The first-order valence-corrected chi connectivity index (χ1v) is 19.5. The van der Waals surface area contributed by atoms with Crippen LogP contribution in [0.15, 0.2) is 164 Å². The van der Waals surface area contributed by atoms with E-state index < -0.39 is 0 Å². The van der Waals surface area contributed by atoms with Crippen molar-refractivity contribution in [1.82, 2.24) is 19.1 Å². The largest absolute Gasteiger partial charge is 0.509 e. The number of benzene rings is 6. The minimum atomic E-state index is -0.0209. The fourth-order valence-electron chi connectivity index (χ4n) is 8.28. The van der Waals surface area contributed by atoms with Gasteiger partial charge in [0.1, 0.15) is 11.6 Å². The van der Waals surface area contributed by atoms with Gasteiger partial charge in [-0.05, 0) is 83.1 Å². The van der Waals surface area contributed by atoms with Crippen LogP contribution >= 0.6 is 0 Å². The molecule has 4 aromatic heterocycles. The number of hydrogen-bond acceptors (Lipinski definition) is 5. The fraction of sp³-hybridized carbons (Fsp3) is 0.0784. The summed E-state index contributed by atoms with van der Waals surface area (Å²) in [5.41, 5.74) is 9.44. The maximum Gasteiger partial charge on any atom is 0.135 e. The summed E-state index contributed by atoms with van der Waals surface area (Å²) in [5.74, 6) is 2.82. The molecule has 10 aromatic rings. The molecule has 0 unspecified atom stereocenters.